The minimum absolute atomic E-state index is 0.0239. The maximum atomic E-state index is 12.9. The van der Waals surface area contributed by atoms with E-state index in [1.54, 1.807) is 43.3 Å². The van der Waals surface area contributed by atoms with Crippen LogP contribution in [0.1, 0.15) is 27.8 Å². The maximum Gasteiger partial charge on any atom is 0.256 e. The smallest absolute Gasteiger partial charge is 0.256 e. The van der Waals surface area contributed by atoms with Gasteiger partial charge >= 0.3 is 0 Å². The lowest BCUT2D eigenvalue weighted by Gasteiger charge is -2.11. The van der Waals surface area contributed by atoms with Crippen molar-refractivity contribution in [1.29, 1.82) is 0 Å². The number of hydrogen-bond acceptors (Lipinski definition) is 8. The molecule has 11 heteroatoms. The summed E-state index contributed by atoms with van der Waals surface area (Å²) in [5.41, 5.74) is 0.802. The van der Waals surface area contributed by atoms with E-state index in [4.69, 9.17) is 8.94 Å². The van der Waals surface area contributed by atoms with Crippen LogP contribution in [0.4, 0.5) is 5.69 Å². The number of nitrogens with zero attached hydrogens (tertiary/aromatic N) is 2. The highest BCUT2D eigenvalue weighted by Crippen LogP contribution is 2.27. The summed E-state index contributed by atoms with van der Waals surface area (Å²) in [4.78, 5) is 17.9. The van der Waals surface area contributed by atoms with E-state index in [9.17, 15) is 13.2 Å². The second-order valence-corrected chi connectivity index (χ2v) is 9.69. The van der Waals surface area contributed by atoms with E-state index in [1.165, 1.54) is 30.2 Å². The first-order valence-electron chi connectivity index (χ1n) is 9.85. The minimum atomic E-state index is -3.79. The normalized spacial score (nSPS) is 11.4. The van der Waals surface area contributed by atoms with Crippen molar-refractivity contribution in [2.75, 3.05) is 5.32 Å². The summed E-state index contributed by atoms with van der Waals surface area (Å²) in [6, 6.07) is 16.5. The van der Waals surface area contributed by atoms with Gasteiger partial charge in [0.05, 0.1) is 29.0 Å². The molecule has 0 saturated heterocycles. The predicted octanol–water partition coefficient (Wildman–Crippen LogP) is 3.99. The summed E-state index contributed by atoms with van der Waals surface area (Å²) in [5.74, 6) is 1.56. The van der Waals surface area contributed by atoms with Crippen LogP contribution in [0.3, 0.4) is 0 Å². The van der Waals surface area contributed by atoms with E-state index in [-0.39, 0.29) is 17.3 Å². The van der Waals surface area contributed by atoms with Gasteiger partial charge in [-0.15, -0.1) is 11.8 Å². The Bertz CT molecular complexity index is 1350. The number of sulfonamides is 1. The fourth-order valence-corrected chi connectivity index (χ4v) is 4.85. The van der Waals surface area contributed by atoms with Gasteiger partial charge in [0.1, 0.15) is 5.76 Å². The van der Waals surface area contributed by atoms with Crippen LogP contribution in [0, 0.1) is 6.92 Å². The molecule has 0 saturated carbocycles. The van der Waals surface area contributed by atoms with Crippen LogP contribution < -0.4 is 10.0 Å². The van der Waals surface area contributed by atoms with Crippen LogP contribution in [0.5, 0.6) is 0 Å². The molecule has 33 heavy (non-hydrogen) atoms. The largest absolute Gasteiger partial charge is 0.468 e. The fraction of sp³-hybridized carbons (Fsp3) is 0.136. The van der Waals surface area contributed by atoms with Gasteiger partial charge in [-0.3, -0.25) is 4.79 Å². The number of carbonyl (C=O) groups is 1. The molecule has 0 radical (unpaired) electrons. The van der Waals surface area contributed by atoms with E-state index < -0.39 is 10.0 Å². The van der Waals surface area contributed by atoms with Crippen LogP contribution >= 0.6 is 11.8 Å². The van der Waals surface area contributed by atoms with E-state index in [0.717, 1.165) is 4.90 Å². The number of benzene rings is 2. The van der Waals surface area contributed by atoms with Crippen molar-refractivity contribution in [3.05, 3.63) is 90.0 Å². The van der Waals surface area contributed by atoms with Crippen molar-refractivity contribution in [2.45, 2.75) is 29.0 Å². The Morgan fingerprint density at radius 3 is 2.70 bits per heavy atom. The molecular weight excluding hydrogens is 464 g/mol. The third-order valence-corrected chi connectivity index (χ3v) is 6.93. The zero-order chi connectivity index (χ0) is 23.3. The van der Waals surface area contributed by atoms with Gasteiger partial charge in [-0.05, 0) is 49.4 Å². The van der Waals surface area contributed by atoms with Gasteiger partial charge in [0.25, 0.3) is 5.91 Å². The molecule has 4 rings (SSSR count). The topological polar surface area (TPSA) is 127 Å². The second kappa shape index (κ2) is 10.0. The molecule has 1 amide bonds. The number of thioether (sulfide) groups is 1. The highest BCUT2D eigenvalue weighted by molar-refractivity contribution is 7.98. The Kier molecular flexibility index (Phi) is 6.92. The molecule has 4 aromatic rings. The van der Waals surface area contributed by atoms with Gasteiger partial charge in [-0.25, -0.2) is 13.1 Å². The highest BCUT2D eigenvalue weighted by atomic mass is 32.2. The molecule has 0 aliphatic heterocycles. The third-order valence-electron chi connectivity index (χ3n) is 4.47. The second-order valence-electron chi connectivity index (χ2n) is 6.91. The van der Waals surface area contributed by atoms with E-state index in [0.29, 0.717) is 34.5 Å². The molecule has 0 bridgehead atoms. The lowest BCUT2D eigenvalue weighted by Crippen LogP contribution is -2.23. The highest BCUT2D eigenvalue weighted by Gasteiger charge is 2.17. The molecule has 0 aliphatic rings. The molecule has 2 aromatic heterocycles. The minimum Gasteiger partial charge on any atom is -0.468 e. The third kappa shape index (κ3) is 5.89. The van der Waals surface area contributed by atoms with E-state index in [1.807, 2.05) is 12.1 Å². The van der Waals surface area contributed by atoms with E-state index in [2.05, 4.69) is 20.2 Å². The molecule has 0 unspecified atom stereocenters. The molecule has 9 nitrogen and oxygen atoms in total. The van der Waals surface area contributed by atoms with Crippen molar-refractivity contribution in [3.63, 3.8) is 0 Å². The molecule has 0 fully saturated rings. The molecule has 0 aliphatic carbocycles. The number of hydrogen-bond donors (Lipinski definition) is 2. The van der Waals surface area contributed by atoms with Crippen molar-refractivity contribution >= 4 is 33.4 Å². The van der Waals surface area contributed by atoms with Crippen LogP contribution in [0.15, 0.2) is 85.7 Å². The molecule has 2 aromatic carbocycles. The number of nitrogens with one attached hydrogen (secondary N) is 2. The number of anilines is 1. The van der Waals surface area contributed by atoms with Gasteiger partial charge in [-0.2, -0.15) is 4.98 Å². The van der Waals surface area contributed by atoms with Crippen molar-refractivity contribution in [1.82, 2.24) is 14.9 Å². The summed E-state index contributed by atoms with van der Waals surface area (Å²) in [6.07, 6.45) is 1.47. The van der Waals surface area contributed by atoms with E-state index >= 15 is 0 Å². The van der Waals surface area contributed by atoms with Gasteiger partial charge < -0.3 is 14.3 Å². The standard InChI is InChI=1S/C22H20N4O5S2/c1-15-24-21(31-26-15)14-32-20-10-3-2-9-19(20)22(27)25-16-6-4-8-18(12-16)33(28,29)23-13-17-7-5-11-30-17/h2-12,23H,13-14H2,1H3,(H,25,27). The van der Waals surface area contributed by atoms with Crippen molar-refractivity contribution in [3.8, 4) is 0 Å². The first kappa shape index (κ1) is 22.8. The van der Waals surface area contributed by atoms with Crippen molar-refractivity contribution in [2.24, 2.45) is 0 Å². The lowest BCUT2D eigenvalue weighted by molar-refractivity contribution is 0.102. The number of carbonyl (C=O) groups excluding carboxylic acids is 1. The molecular formula is C22H20N4O5S2. The summed E-state index contributed by atoms with van der Waals surface area (Å²) >= 11 is 1.39. The Labute approximate surface area is 194 Å². The van der Waals surface area contributed by atoms with Gasteiger partial charge in [-0.1, -0.05) is 23.4 Å². The Morgan fingerprint density at radius 2 is 1.94 bits per heavy atom. The Hall–Kier alpha value is -3.41. The Morgan fingerprint density at radius 1 is 1.09 bits per heavy atom. The molecule has 2 N–H and O–H groups in total. The first-order chi connectivity index (χ1) is 15.9. The zero-order valence-electron chi connectivity index (χ0n) is 17.5. The quantitative estimate of drug-likeness (QED) is 0.341. The summed E-state index contributed by atoms with van der Waals surface area (Å²) in [7, 11) is -3.79. The average Bonchev–Trinajstić information content (AvgIpc) is 3.48. The fourth-order valence-electron chi connectivity index (χ4n) is 2.92. The number of aryl methyl sites for hydroxylation is 1. The van der Waals surface area contributed by atoms with Gasteiger partial charge in [0, 0.05) is 10.6 Å². The first-order valence-corrected chi connectivity index (χ1v) is 12.3. The monoisotopic (exact) mass is 484 g/mol. The molecule has 0 spiro atoms. The number of furan rings is 1. The van der Waals surface area contributed by atoms with Crippen LogP contribution in [0.2, 0.25) is 0 Å². The van der Waals surface area contributed by atoms with Crippen molar-refractivity contribution < 1.29 is 22.2 Å². The summed E-state index contributed by atoms with van der Waals surface area (Å²) in [6.45, 7) is 1.76. The average molecular weight is 485 g/mol. The number of aromatic nitrogens is 2. The van der Waals surface area contributed by atoms with Crippen LogP contribution in [-0.2, 0) is 22.3 Å². The lowest BCUT2D eigenvalue weighted by atomic mass is 10.2. The molecule has 2 heterocycles. The summed E-state index contributed by atoms with van der Waals surface area (Å²) in [5, 5.41) is 6.53. The molecule has 170 valence electrons. The van der Waals surface area contributed by atoms with Crippen LogP contribution in [0.25, 0.3) is 0 Å². The molecule has 0 atom stereocenters. The van der Waals surface area contributed by atoms with Gasteiger partial charge in [0.15, 0.2) is 5.82 Å². The maximum absolute atomic E-state index is 12.9. The Balaban J connectivity index is 1.45. The van der Waals surface area contributed by atoms with Gasteiger partial charge in [0.2, 0.25) is 15.9 Å². The van der Waals surface area contributed by atoms with Crippen LogP contribution in [-0.4, -0.2) is 24.5 Å². The SMILES string of the molecule is Cc1noc(CSc2ccccc2C(=O)Nc2cccc(S(=O)(=O)NCc3ccco3)c2)n1. The number of rotatable bonds is 9. The zero-order valence-corrected chi connectivity index (χ0v) is 19.2. The summed E-state index contributed by atoms with van der Waals surface area (Å²) < 4.78 is 38.0. The number of amides is 1. The predicted molar refractivity (Wildman–Crippen MR) is 122 cm³/mol.